The first-order valence-electron chi connectivity index (χ1n) is 7.50. The molecule has 0 amide bonds. The van der Waals surface area contributed by atoms with Crippen LogP contribution in [0.3, 0.4) is 0 Å². The van der Waals surface area contributed by atoms with Crippen LogP contribution in [0.5, 0.6) is 5.75 Å². The predicted molar refractivity (Wildman–Crippen MR) is 89.8 cm³/mol. The van der Waals surface area contributed by atoms with Crippen LogP contribution in [0.25, 0.3) is 0 Å². The maximum Gasteiger partial charge on any atom is 0.416 e. The van der Waals surface area contributed by atoms with Crippen molar-refractivity contribution in [1.29, 1.82) is 0 Å². The predicted octanol–water partition coefficient (Wildman–Crippen LogP) is 4.26. The zero-order chi connectivity index (χ0) is 16.5. The number of halogens is 4. The molecule has 0 saturated carbocycles. The van der Waals surface area contributed by atoms with E-state index in [9.17, 15) is 13.2 Å². The number of alkyl halides is 3. The molecule has 0 saturated heterocycles. The van der Waals surface area contributed by atoms with E-state index in [2.05, 4.69) is 17.4 Å². The van der Waals surface area contributed by atoms with Gasteiger partial charge in [0.1, 0.15) is 11.4 Å². The number of likely N-dealkylation sites (N-methyl/N-ethyl adjacent to an activating group) is 1. The molecule has 2 aromatic rings. The molecule has 6 heteroatoms. The maximum absolute atomic E-state index is 12.6. The summed E-state index contributed by atoms with van der Waals surface area (Å²) in [6.45, 7) is 0.628. The van der Waals surface area contributed by atoms with Crippen molar-refractivity contribution in [2.24, 2.45) is 0 Å². The molecule has 0 aromatic heterocycles. The van der Waals surface area contributed by atoms with Gasteiger partial charge in [0.2, 0.25) is 0 Å². The number of benzene rings is 2. The highest BCUT2D eigenvalue weighted by Crippen LogP contribution is 2.35. The molecule has 1 aliphatic rings. The molecule has 2 aromatic carbocycles. The Hall–Kier alpha value is -1.72. The van der Waals surface area contributed by atoms with Gasteiger partial charge in [0.25, 0.3) is 0 Å². The summed E-state index contributed by atoms with van der Waals surface area (Å²) in [5.74, 6) is 0.459. The van der Waals surface area contributed by atoms with Crippen LogP contribution in [0.2, 0.25) is 0 Å². The zero-order valence-corrected chi connectivity index (χ0v) is 14.0. The summed E-state index contributed by atoms with van der Waals surface area (Å²) < 4.78 is 44.1. The van der Waals surface area contributed by atoms with E-state index in [4.69, 9.17) is 4.74 Å². The van der Waals surface area contributed by atoms with Crippen molar-refractivity contribution >= 4 is 12.4 Å². The fourth-order valence-electron chi connectivity index (χ4n) is 3.18. The molecule has 1 aliphatic carbocycles. The highest BCUT2D eigenvalue weighted by Gasteiger charge is 2.39. The average Bonchev–Trinajstić information content (AvgIpc) is 2.85. The second-order valence-corrected chi connectivity index (χ2v) is 5.96. The summed E-state index contributed by atoms with van der Waals surface area (Å²) in [6.07, 6.45) is -2.85. The van der Waals surface area contributed by atoms with E-state index >= 15 is 0 Å². The smallest absolute Gasteiger partial charge is 0.416 e. The van der Waals surface area contributed by atoms with Crippen molar-refractivity contribution in [2.75, 3.05) is 13.6 Å². The topological polar surface area (TPSA) is 21.3 Å². The van der Waals surface area contributed by atoms with Crippen LogP contribution in [0.1, 0.15) is 16.7 Å². The molecule has 3 rings (SSSR count). The third-order valence-corrected chi connectivity index (χ3v) is 4.16. The summed E-state index contributed by atoms with van der Waals surface area (Å²) in [5, 5.41) is 3.14. The summed E-state index contributed by atoms with van der Waals surface area (Å²) in [7, 11) is 1.85. The lowest BCUT2D eigenvalue weighted by Crippen LogP contribution is -2.45. The average molecular weight is 358 g/mol. The molecule has 0 atom stereocenters. The molecular formula is C18H19ClF3NO. The van der Waals surface area contributed by atoms with Crippen LogP contribution >= 0.6 is 12.4 Å². The second kappa shape index (κ2) is 7.03. The lowest BCUT2D eigenvalue weighted by Gasteiger charge is -2.30. The SMILES string of the molecule is CNCC1(Oc2ccc(C(F)(F)F)cc2)Cc2ccccc2C1.Cl. The van der Waals surface area contributed by atoms with Crippen LogP contribution in [0.4, 0.5) is 13.2 Å². The zero-order valence-electron chi connectivity index (χ0n) is 13.2. The third-order valence-electron chi connectivity index (χ3n) is 4.16. The van der Waals surface area contributed by atoms with Gasteiger partial charge in [-0.2, -0.15) is 13.2 Å². The van der Waals surface area contributed by atoms with Gasteiger partial charge in [-0.3, -0.25) is 0 Å². The standard InChI is InChI=1S/C18H18F3NO.ClH/c1-22-12-17(10-13-4-2-3-5-14(13)11-17)23-16-8-6-15(7-9-16)18(19,20)21;/h2-9,22H,10-12H2,1H3;1H. The molecule has 0 heterocycles. The second-order valence-electron chi connectivity index (χ2n) is 5.96. The normalized spacial score (nSPS) is 15.5. The Morgan fingerprint density at radius 1 is 1.00 bits per heavy atom. The molecule has 0 aliphatic heterocycles. The van der Waals surface area contributed by atoms with Gasteiger partial charge >= 0.3 is 6.18 Å². The first-order chi connectivity index (χ1) is 10.9. The summed E-state index contributed by atoms with van der Waals surface area (Å²) >= 11 is 0. The Morgan fingerprint density at radius 3 is 2.00 bits per heavy atom. The fourth-order valence-corrected chi connectivity index (χ4v) is 3.18. The van der Waals surface area contributed by atoms with Crippen molar-refractivity contribution in [1.82, 2.24) is 5.32 Å². The number of hydrogen-bond donors (Lipinski definition) is 1. The van der Waals surface area contributed by atoms with Crippen LogP contribution in [-0.4, -0.2) is 19.2 Å². The highest BCUT2D eigenvalue weighted by atomic mass is 35.5. The van der Waals surface area contributed by atoms with Crippen LogP contribution in [0, 0.1) is 0 Å². The number of rotatable bonds is 4. The summed E-state index contributed by atoms with van der Waals surface area (Å²) in [5.41, 5.74) is 1.34. The summed E-state index contributed by atoms with van der Waals surface area (Å²) in [6, 6.07) is 13.0. The number of hydrogen-bond acceptors (Lipinski definition) is 2. The van der Waals surface area contributed by atoms with Gasteiger partial charge in [-0.15, -0.1) is 12.4 Å². The van der Waals surface area contributed by atoms with Gasteiger partial charge in [0.15, 0.2) is 0 Å². The molecule has 130 valence electrons. The van der Waals surface area contributed by atoms with Crippen molar-refractivity contribution in [3.05, 3.63) is 65.2 Å². The van der Waals surface area contributed by atoms with E-state index in [1.54, 1.807) is 0 Å². The molecule has 0 unspecified atom stereocenters. The third kappa shape index (κ3) is 3.84. The Bertz CT molecular complexity index is 660. The van der Waals surface area contributed by atoms with Gasteiger partial charge in [-0.1, -0.05) is 24.3 Å². The van der Waals surface area contributed by atoms with Gasteiger partial charge in [0.05, 0.1) is 5.56 Å². The summed E-state index contributed by atoms with van der Waals surface area (Å²) in [4.78, 5) is 0. The molecular weight excluding hydrogens is 339 g/mol. The van der Waals surface area contributed by atoms with E-state index in [-0.39, 0.29) is 12.4 Å². The van der Waals surface area contributed by atoms with Crippen molar-refractivity contribution in [2.45, 2.75) is 24.6 Å². The highest BCUT2D eigenvalue weighted by molar-refractivity contribution is 5.85. The lowest BCUT2D eigenvalue weighted by molar-refractivity contribution is -0.137. The molecule has 0 radical (unpaired) electrons. The van der Waals surface area contributed by atoms with E-state index in [0.29, 0.717) is 12.3 Å². The van der Waals surface area contributed by atoms with Gasteiger partial charge in [-0.05, 0) is 42.4 Å². The maximum atomic E-state index is 12.6. The fraction of sp³-hybridized carbons (Fsp3) is 0.333. The van der Waals surface area contributed by atoms with Crippen LogP contribution in [-0.2, 0) is 19.0 Å². The minimum absolute atomic E-state index is 0. The minimum atomic E-state index is -4.33. The first kappa shape index (κ1) is 18.6. The molecule has 2 nitrogen and oxygen atoms in total. The largest absolute Gasteiger partial charge is 0.485 e. The lowest BCUT2D eigenvalue weighted by atomic mass is 10.00. The number of fused-ring (bicyclic) bond motifs is 1. The van der Waals surface area contributed by atoms with E-state index in [0.717, 1.165) is 25.0 Å². The monoisotopic (exact) mass is 357 g/mol. The van der Waals surface area contributed by atoms with Crippen molar-refractivity contribution in [3.63, 3.8) is 0 Å². The molecule has 0 spiro atoms. The Morgan fingerprint density at radius 2 is 1.54 bits per heavy atom. The molecule has 1 N–H and O–H groups in total. The van der Waals surface area contributed by atoms with Gasteiger partial charge < -0.3 is 10.1 Å². The Labute approximate surface area is 145 Å². The Balaban J connectivity index is 0.00000208. The van der Waals surface area contributed by atoms with Crippen LogP contribution < -0.4 is 10.1 Å². The quantitative estimate of drug-likeness (QED) is 0.882. The first-order valence-corrected chi connectivity index (χ1v) is 7.50. The van der Waals surface area contributed by atoms with Crippen molar-refractivity contribution in [3.8, 4) is 5.75 Å². The molecule has 0 fully saturated rings. The minimum Gasteiger partial charge on any atom is -0.485 e. The van der Waals surface area contributed by atoms with Crippen molar-refractivity contribution < 1.29 is 17.9 Å². The van der Waals surface area contributed by atoms with E-state index in [1.807, 2.05) is 19.2 Å². The van der Waals surface area contributed by atoms with E-state index in [1.165, 1.54) is 23.3 Å². The van der Waals surface area contributed by atoms with Gasteiger partial charge in [0, 0.05) is 19.4 Å². The Kier molecular flexibility index (Phi) is 5.45. The number of ether oxygens (including phenoxy) is 1. The molecule has 24 heavy (non-hydrogen) atoms. The van der Waals surface area contributed by atoms with Crippen LogP contribution in [0.15, 0.2) is 48.5 Å². The number of nitrogens with one attached hydrogen (secondary N) is 1. The van der Waals surface area contributed by atoms with Gasteiger partial charge in [-0.25, -0.2) is 0 Å². The van der Waals surface area contributed by atoms with E-state index < -0.39 is 17.3 Å². The molecule has 0 bridgehead atoms.